The van der Waals surface area contributed by atoms with Crippen LogP contribution in [-0.4, -0.2) is 20.7 Å². The number of nitrogens with zero attached hydrogens (tertiary/aromatic N) is 3. The molecule has 0 radical (unpaired) electrons. The van der Waals surface area contributed by atoms with Gasteiger partial charge in [-0.2, -0.15) is 5.10 Å². The van der Waals surface area contributed by atoms with E-state index in [1.54, 1.807) is 23.1 Å². The maximum Gasteiger partial charge on any atom is 0.251 e. The van der Waals surface area contributed by atoms with Crippen LogP contribution < -0.4 is 5.32 Å². The van der Waals surface area contributed by atoms with Crippen LogP contribution in [0.1, 0.15) is 21.5 Å². The quantitative estimate of drug-likeness (QED) is 0.784. The monoisotopic (exact) mass is 326 g/mol. The summed E-state index contributed by atoms with van der Waals surface area (Å²) in [5, 5.41) is 7.57. The van der Waals surface area contributed by atoms with Gasteiger partial charge in [-0.05, 0) is 29.3 Å². The van der Waals surface area contributed by atoms with Gasteiger partial charge in [-0.1, -0.05) is 41.9 Å². The fourth-order valence-electron chi connectivity index (χ4n) is 2.18. The summed E-state index contributed by atoms with van der Waals surface area (Å²) in [6.07, 6.45) is 3.15. The number of halogens is 1. The smallest absolute Gasteiger partial charge is 0.251 e. The van der Waals surface area contributed by atoms with Crippen LogP contribution >= 0.6 is 11.6 Å². The van der Waals surface area contributed by atoms with E-state index in [1.165, 1.54) is 6.33 Å². The topological polar surface area (TPSA) is 59.8 Å². The highest BCUT2D eigenvalue weighted by Crippen LogP contribution is 2.14. The molecule has 6 heteroatoms. The van der Waals surface area contributed by atoms with Crippen molar-refractivity contribution < 1.29 is 4.79 Å². The van der Waals surface area contributed by atoms with E-state index in [4.69, 9.17) is 11.6 Å². The van der Waals surface area contributed by atoms with Gasteiger partial charge in [0.15, 0.2) is 0 Å². The molecule has 0 aliphatic heterocycles. The first-order chi connectivity index (χ1) is 11.2. The van der Waals surface area contributed by atoms with Crippen LogP contribution in [0.3, 0.4) is 0 Å². The Morgan fingerprint density at radius 2 is 1.91 bits per heavy atom. The Labute approximate surface area is 138 Å². The molecule has 1 amide bonds. The van der Waals surface area contributed by atoms with E-state index in [9.17, 15) is 4.79 Å². The molecule has 0 spiro atoms. The fraction of sp³-hybridized carbons (Fsp3) is 0.118. The number of hydrogen-bond donors (Lipinski definition) is 1. The van der Waals surface area contributed by atoms with E-state index in [1.807, 2.05) is 36.4 Å². The van der Waals surface area contributed by atoms with Crippen LogP contribution in [0.15, 0.2) is 61.2 Å². The number of hydrogen-bond acceptors (Lipinski definition) is 3. The molecule has 0 unspecified atom stereocenters. The maximum atomic E-state index is 12.2. The lowest BCUT2D eigenvalue weighted by Crippen LogP contribution is -2.22. The van der Waals surface area contributed by atoms with E-state index in [0.29, 0.717) is 23.7 Å². The maximum absolute atomic E-state index is 12.2. The Morgan fingerprint density at radius 3 is 2.61 bits per heavy atom. The lowest BCUT2D eigenvalue weighted by Gasteiger charge is -2.08. The second kappa shape index (κ2) is 7.07. The van der Waals surface area contributed by atoms with Gasteiger partial charge >= 0.3 is 0 Å². The molecule has 3 aromatic rings. The van der Waals surface area contributed by atoms with Gasteiger partial charge in [-0.3, -0.25) is 4.79 Å². The third-order valence-electron chi connectivity index (χ3n) is 3.42. The molecule has 0 saturated carbocycles. The first kappa shape index (κ1) is 15.2. The summed E-state index contributed by atoms with van der Waals surface area (Å²) >= 11 is 6.08. The number of rotatable bonds is 5. The number of carbonyl (C=O) groups is 1. The van der Waals surface area contributed by atoms with E-state index in [-0.39, 0.29) is 5.91 Å². The predicted molar refractivity (Wildman–Crippen MR) is 88.2 cm³/mol. The van der Waals surface area contributed by atoms with Gasteiger partial charge in [0.1, 0.15) is 12.7 Å². The summed E-state index contributed by atoms with van der Waals surface area (Å²) in [6.45, 7) is 1.03. The van der Waals surface area contributed by atoms with Crippen molar-refractivity contribution in [1.29, 1.82) is 0 Å². The van der Waals surface area contributed by atoms with Gasteiger partial charge in [-0.25, -0.2) is 9.67 Å². The molecule has 0 fully saturated rings. The molecular weight excluding hydrogens is 312 g/mol. The summed E-state index contributed by atoms with van der Waals surface area (Å²) in [6, 6.07) is 14.9. The summed E-state index contributed by atoms with van der Waals surface area (Å²) in [4.78, 5) is 16.1. The predicted octanol–water partition coefficient (Wildman–Crippen LogP) is 2.91. The zero-order valence-electron chi connectivity index (χ0n) is 12.3. The fourth-order valence-corrected chi connectivity index (χ4v) is 2.38. The molecule has 1 aromatic heterocycles. The Bertz CT molecular complexity index is 785. The summed E-state index contributed by atoms with van der Waals surface area (Å²) in [5.74, 6) is -0.128. The molecule has 0 bridgehead atoms. The van der Waals surface area contributed by atoms with Crippen LogP contribution in [0.25, 0.3) is 0 Å². The van der Waals surface area contributed by atoms with Gasteiger partial charge in [0, 0.05) is 17.1 Å². The van der Waals surface area contributed by atoms with Crippen LogP contribution in [0.2, 0.25) is 5.02 Å². The minimum Gasteiger partial charge on any atom is -0.348 e. The van der Waals surface area contributed by atoms with Crippen molar-refractivity contribution in [3.05, 3.63) is 82.9 Å². The van der Waals surface area contributed by atoms with Crippen molar-refractivity contribution in [2.75, 3.05) is 0 Å². The third-order valence-corrected chi connectivity index (χ3v) is 3.79. The van der Waals surface area contributed by atoms with Gasteiger partial charge in [-0.15, -0.1) is 0 Å². The Hall–Kier alpha value is -2.66. The molecule has 23 heavy (non-hydrogen) atoms. The highest BCUT2D eigenvalue weighted by molar-refractivity contribution is 6.31. The van der Waals surface area contributed by atoms with E-state index in [2.05, 4.69) is 15.4 Å². The molecule has 5 nitrogen and oxygen atoms in total. The Morgan fingerprint density at radius 1 is 1.13 bits per heavy atom. The molecule has 116 valence electrons. The van der Waals surface area contributed by atoms with Crippen LogP contribution in [-0.2, 0) is 13.1 Å². The standard InChI is InChI=1S/C17H15ClN4O/c18-16-4-2-1-3-15(16)9-20-17(23)14-7-5-13(6-8-14)10-22-12-19-11-21-22/h1-8,11-12H,9-10H2,(H,20,23). The summed E-state index contributed by atoms with van der Waals surface area (Å²) < 4.78 is 1.73. The van der Waals surface area contributed by atoms with Crippen molar-refractivity contribution in [1.82, 2.24) is 20.1 Å². The average molecular weight is 327 g/mol. The van der Waals surface area contributed by atoms with E-state index < -0.39 is 0 Å². The SMILES string of the molecule is O=C(NCc1ccccc1Cl)c1ccc(Cn2cncn2)cc1. The van der Waals surface area contributed by atoms with Gasteiger partial charge in [0.25, 0.3) is 5.91 Å². The van der Waals surface area contributed by atoms with Crippen LogP contribution in [0.4, 0.5) is 0 Å². The number of nitrogens with one attached hydrogen (secondary N) is 1. The number of aromatic nitrogens is 3. The molecule has 1 N–H and O–H groups in total. The number of amides is 1. The molecule has 0 saturated heterocycles. The largest absolute Gasteiger partial charge is 0.348 e. The highest BCUT2D eigenvalue weighted by Gasteiger charge is 2.07. The van der Waals surface area contributed by atoms with Crippen molar-refractivity contribution in [3.63, 3.8) is 0 Å². The summed E-state index contributed by atoms with van der Waals surface area (Å²) in [5.41, 5.74) is 2.56. The van der Waals surface area contributed by atoms with Crippen molar-refractivity contribution >= 4 is 17.5 Å². The Kier molecular flexibility index (Phi) is 4.68. The Balaban J connectivity index is 1.60. The lowest BCUT2D eigenvalue weighted by atomic mass is 10.1. The molecule has 3 rings (SSSR count). The first-order valence-electron chi connectivity index (χ1n) is 7.15. The van der Waals surface area contributed by atoms with Crippen LogP contribution in [0, 0.1) is 0 Å². The van der Waals surface area contributed by atoms with E-state index in [0.717, 1.165) is 11.1 Å². The number of benzene rings is 2. The van der Waals surface area contributed by atoms with Gasteiger partial charge in [0.05, 0.1) is 6.54 Å². The third kappa shape index (κ3) is 3.96. The number of carbonyl (C=O) groups excluding carboxylic acids is 1. The first-order valence-corrected chi connectivity index (χ1v) is 7.53. The highest BCUT2D eigenvalue weighted by atomic mass is 35.5. The minimum atomic E-state index is -0.128. The second-order valence-corrected chi connectivity index (χ2v) is 5.47. The second-order valence-electron chi connectivity index (χ2n) is 5.06. The molecule has 0 aliphatic carbocycles. The van der Waals surface area contributed by atoms with Crippen molar-refractivity contribution in [3.8, 4) is 0 Å². The van der Waals surface area contributed by atoms with Crippen molar-refractivity contribution in [2.45, 2.75) is 13.1 Å². The van der Waals surface area contributed by atoms with Gasteiger partial charge in [0.2, 0.25) is 0 Å². The van der Waals surface area contributed by atoms with E-state index >= 15 is 0 Å². The lowest BCUT2D eigenvalue weighted by molar-refractivity contribution is 0.0951. The zero-order valence-corrected chi connectivity index (χ0v) is 13.1. The molecule has 0 aliphatic rings. The van der Waals surface area contributed by atoms with Crippen molar-refractivity contribution in [2.24, 2.45) is 0 Å². The molecule has 0 atom stereocenters. The molecule has 2 aromatic carbocycles. The average Bonchev–Trinajstić information content (AvgIpc) is 3.07. The minimum absolute atomic E-state index is 0.128. The van der Waals surface area contributed by atoms with Crippen LogP contribution in [0.5, 0.6) is 0 Å². The molecular formula is C17H15ClN4O. The summed E-state index contributed by atoms with van der Waals surface area (Å²) in [7, 11) is 0. The molecule has 1 heterocycles. The normalized spacial score (nSPS) is 10.5. The van der Waals surface area contributed by atoms with Gasteiger partial charge < -0.3 is 5.32 Å². The zero-order chi connectivity index (χ0) is 16.1.